The van der Waals surface area contributed by atoms with Crippen LogP contribution in [-0.2, 0) is 17.6 Å². The van der Waals surface area contributed by atoms with E-state index in [2.05, 4.69) is 12.1 Å². The first-order valence-corrected chi connectivity index (χ1v) is 6.85. The van der Waals surface area contributed by atoms with Crippen molar-refractivity contribution in [3.8, 4) is 0 Å². The highest BCUT2D eigenvalue weighted by atomic mass is 16.2. The minimum Gasteiger partial charge on any atom is -0.397 e. The molecule has 1 aliphatic rings. The lowest BCUT2D eigenvalue weighted by atomic mass is 10.0. The zero-order chi connectivity index (χ0) is 14.1. The predicted molar refractivity (Wildman–Crippen MR) is 81.6 cm³/mol. The van der Waals surface area contributed by atoms with Gasteiger partial charge in [0.05, 0.1) is 11.4 Å². The van der Waals surface area contributed by atoms with Gasteiger partial charge in [-0.25, -0.2) is 0 Å². The molecule has 0 atom stereocenters. The second kappa shape index (κ2) is 5.00. The van der Waals surface area contributed by atoms with E-state index in [1.165, 1.54) is 11.1 Å². The highest BCUT2D eigenvalue weighted by molar-refractivity contribution is 5.97. The van der Waals surface area contributed by atoms with Gasteiger partial charge >= 0.3 is 0 Å². The Morgan fingerprint density at radius 2 is 1.60 bits per heavy atom. The maximum absolute atomic E-state index is 12.6. The van der Waals surface area contributed by atoms with E-state index in [9.17, 15) is 4.79 Å². The molecule has 0 spiro atoms. The maximum atomic E-state index is 12.6. The van der Waals surface area contributed by atoms with Gasteiger partial charge in [-0.05, 0) is 36.1 Å². The van der Waals surface area contributed by atoms with Crippen molar-refractivity contribution in [2.45, 2.75) is 12.8 Å². The van der Waals surface area contributed by atoms with Gasteiger partial charge in [0.2, 0.25) is 5.91 Å². The molecule has 20 heavy (non-hydrogen) atoms. The lowest BCUT2D eigenvalue weighted by Gasteiger charge is -2.22. The molecule has 0 saturated heterocycles. The third-order valence-corrected chi connectivity index (χ3v) is 4.03. The standard InChI is InChI=1S/C17H18N2O/c1-19(16-9-5-4-8-15(16)18)17(20)14-10-12-6-2-3-7-13(12)11-14/h2-9,14H,10-11,18H2,1H3. The van der Waals surface area contributed by atoms with Gasteiger partial charge in [-0.1, -0.05) is 36.4 Å². The van der Waals surface area contributed by atoms with Crippen LogP contribution in [0, 0.1) is 5.92 Å². The first-order valence-electron chi connectivity index (χ1n) is 6.85. The third-order valence-electron chi connectivity index (χ3n) is 4.03. The van der Waals surface area contributed by atoms with E-state index in [0.29, 0.717) is 5.69 Å². The number of para-hydroxylation sites is 2. The SMILES string of the molecule is CN(C(=O)C1Cc2ccccc2C1)c1ccccc1N. The van der Waals surface area contributed by atoms with Gasteiger partial charge in [-0.15, -0.1) is 0 Å². The average Bonchev–Trinajstić information content (AvgIpc) is 2.90. The average molecular weight is 266 g/mol. The number of hydrogen-bond donors (Lipinski definition) is 1. The van der Waals surface area contributed by atoms with E-state index >= 15 is 0 Å². The number of carbonyl (C=O) groups is 1. The van der Waals surface area contributed by atoms with Crippen molar-refractivity contribution in [1.29, 1.82) is 0 Å². The number of fused-ring (bicyclic) bond motifs is 1. The fourth-order valence-electron chi connectivity index (χ4n) is 2.92. The molecule has 3 heteroatoms. The van der Waals surface area contributed by atoms with Crippen LogP contribution in [-0.4, -0.2) is 13.0 Å². The van der Waals surface area contributed by atoms with Crippen molar-refractivity contribution in [3.05, 3.63) is 59.7 Å². The largest absolute Gasteiger partial charge is 0.397 e. The van der Waals surface area contributed by atoms with Crippen molar-refractivity contribution in [1.82, 2.24) is 0 Å². The van der Waals surface area contributed by atoms with E-state index < -0.39 is 0 Å². The Balaban J connectivity index is 1.80. The number of anilines is 2. The summed E-state index contributed by atoms with van der Waals surface area (Å²) in [7, 11) is 1.80. The van der Waals surface area contributed by atoms with Gasteiger partial charge in [0.15, 0.2) is 0 Å². The molecule has 2 N–H and O–H groups in total. The number of hydrogen-bond acceptors (Lipinski definition) is 2. The van der Waals surface area contributed by atoms with Gasteiger partial charge < -0.3 is 10.6 Å². The van der Waals surface area contributed by atoms with Crippen LogP contribution in [0.3, 0.4) is 0 Å². The molecule has 0 radical (unpaired) electrons. The lowest BCUT2D eigenvalue weighted by molar-refractivity contribution is -0.121. The topological polar surface area (TPSA) is 46.3 Å². The van der Waals surface area contributed by atoms with Gasteiger partial charge in [-0.3, -0.25) is 4.79 Å². The summed E-state index contributed by atoms with van der Waals surface area (Å²) in [5.74, 6) is 0.163. The summed E-state index contributed by atoms with van der Waals surface area (Å²) in [6.45, 7) is 0. The summed E-state index contributed by atoms with van der Waals surface area (Å²) in [6.07, 6.45) is 1.65. The summed E-state index contributed by atoms with van der Waals surface area (Å²) in [5.41, 5.74) is 9.96. The number of rotatable bonds is 2. The van der Waals surface area contributed by atoms with E-state index in [0.717, 1.165) is 18.5 Å². The summed E-state index contributed by atoms with van der Waals surface area (Å²) < 4.78 is 0. The maximum Gasteiger partial charge on any atom is 0.230 e. The molecule has 2 aromatic rings. The number of nitrogens with zero attached hydrogens (tertiary/aromatic N) is 1. The molecule has 2 aromatic carbocycles. The number of benzene rings is 2. The zero-order valence-electron chi connectivity index (χ0n) is 11.5. The molecular weight excluding hydrogens is 248 g/mol. The van der Waals surface area contributed by atoms with Crippen molar-refractivity contribution >= 4 is 17.3 Å². The molecule has 3 nitrogen and oxygen atoms in total. The van der Waals surface area contributed by atoms with Gasteiger partial charge in [0.1, 0.15) is 0 Å². The minimum absolute atomic E-state index is 0.0250. The van der Waals surface area contributed by atoms with E-state index in [4.69, 9.17) is 5.73 Å². The number of nitrogens with two attached hydrogens (primary N) is 1. The number of carbonyl (C=O) groups excluding carboxylic acids is 1. The molecule has 0 aliphatic heterocycles. The van der Waals surface area contributed by atoms with E-state index in [1.807, 2.05) is 36.4 Å². The van der Waals surface area contributed by atoms with Gasteiger partial charge in [0.25, 0.3) is 0 Å². The molecule has 102 valence electrons. The minimum atomic E-state index is 0.0250. The molecule has 0 unspecified atom stereocenters. The lowest BCUT2D eigenvalue weighted by Crippen LogP contribution is -2.33. The van der Waals surface area contributed by atoms with Crippen molar-refractivity contribution in [2.24, 2.45) is 5.92 Å². The quantitative estimate of drug-likeness (QED) is 0.849. The van der Waals surface area contributed by atoms with Crippen molar-refractivity contribution < 1.29 is 4.79 Å². The highest BCUT2D eigenvalue weighted by Gasteiger charge is 2.30. The van der Waals surface area contributed by atoms with Crippen LogP contribution in [0.4, 0.5) is 11.4 Å². The number of amides is 1. The van der Waals surface area contributed by atoms with Crippen LogP contribution >= 0.6 is 0 Å². The Kier molecular flexibility index (Phi) is 3.18. The van der Waals surface area contributed by atoms with Crippen molar-refractivity contribution in [2.75, 3.05) is 17.7 Å². The Labute approximate surface area is 119 Å². The van der Waals surface area contributed by atoms with Gasteiger partial charge in [0, 0.05) is 13.0 Å². The van der Waals surface area contributed by atoms with E-state index in [-0.39, 0.29) is 11.8 Å². The third kappa shape index (κ3) is 2.16. The molecule has 0 saturated carbocycles. The zero-order valence-corrected chi connectivity index (χ0v) is 11.5. The fraction of sp³-hybridized carbons (Fsp3) is 0.235. The van der Waals surface area contributed by atoms with Crippen LogP contribution in [0.1, 0.15) is 11.1 Å². The fourth-order valence-corrected chi connectivity index (χ4v) is 2.92. The monoisotopic (exact) mass is 266 g/mol. The Bertz CT molecular complexity index is 626. The first kappa shape index (κ1) is 12.7. The molecular formula is C17H18N2O. The summed E-state index contributed by atoms with van der Waals surface area (Å²) in [5, 5.41) is 0. The number of nitrogen functional groups attached to an aromatic ring is 1. The van der Waals surface area contributed by atoms with Crippen LogP contribution < -0.4 is 10.6 Å². The second-order valence-electron chi connectivity index (χ2n) is 5.33. The molecule has 0 fully saturated rings. The Morgan fingerprint density at radius 3 is 2.20 bits per heavy atom. The van der Waals surface area contributed by atoms with Crippen LogP contribution in [0.2, 0.25) is 0 Å². The van der Waals surface area contributed by atoms with Crippen LogP contribution in [0.5, 0.6) is 0 Å². The summed E-state index contributed by atoms with van der Waals surface area (Å²) in [6, 6.07) is 15.8. The molecule has 0 aromatic heterocycles. The molecule has 1 aliphatic carbocycles. The summed E-state index contributed by atoms with van der Waals surface area (Å²) >= 11 is 0. The Hall–Kier alpha value is -2.29. The van der Waals surface area contributed by atoms with Crippen molar-refractivity contribution in [3.63, 3.8) is 0 Å². The van der Waals surface area contributed by atoms with Crippen LogP contribution in [0.25, 0.3) is 0 Å². The second-order valence-corrected chi connectivity index (χ2v) is 5.33. The first-order chi connectivity index (χ1) is 9.66. The van der Waals surface area contributed by atoms with Crippen LogP contribution in [0.15, 0.2) is 48.5 Å². The molecule has 0 heterocycles. The molecule has 1 amide bonds. The Morgan fingerprint density at radius 1 is 1.05 bits per heavy atom. The molecule has 0 bridgehead atoms. The highest BCUT2D eigenvalue weighted by Crippen LogP contribution is 2.30. The normalized spacial score (nSPS) is 14.1. The predicted octanol–water partition coefficient (Wildman–Crippen LogP) is 2.65. The molecule has 3 rings (SSSR count). The smallest absolute Gasteiger partial charge is 0.230 e. The summed E-state index contributed by atoms with van der Waals surface area (Å²) in [4.78, 5) is 14.3. The van der Waals surface area contributed by atoms with Gasteiger partial charge in [-0.2, -0.15) is 0 Å². The van der Waals surface area contributed by atoms with E-state index in [1.54, 1.807) is 11.9 Å².